The topological polar surface area (TPSA) is 51.0 Å². The number of nitrogens with zero attached hydrogens (tertiary/aromatic N) is 2. The number of aromatic nitrogens is 2. The summed E-state index contributed by atoms with van der Waals surface area (Å²) in [5, 5.41) is 7.34. The normalized spacial score (nSPS) is 31.7. The highest BCUT2D eigenvalue weighted by Crippen LogP contribution is 2.28. The van der Waals surface area contributed by atoms with Gasteiger partial charge in [-0.1, -0.05) is 25.4 Å². The van der Waals surface area contributed by atoms with Crippen molar-refractivity contribution in [2.45, 2.75) is 45.7 Å². The van der Waals surface area contributed by atoms with Gasteiger partial charge in [0.05, 0.1) is 6.54 Å². The van der Waals surface area contributed by atoms with Crippen LogP contribution in [0.25, 0.3) is 0 Å². The van der Waals surface area contributed by atoms with Gasteiger partial charge in [0.1, 0.15) is 0 Å². The third-order valence-corrected chi connectivity index (χ3v) is 3.45. The van der Waals surface area contributed by atoms with Crippen molar-refractivity contribution in [2.24, 2.45) is 11.8 Å². The first-order valence-corrected chi connectivity index (χ1v) is 5.76. The van der Waals surface area contributed by atoms with E-state index in [4.69, 9.17) is 4.52 Å². The monoisotopic (exact) mass is 209 g/mol. The molecule has 0 aromatic carbocycles. The smallest absolute Gasteiger partial charge is 0.213 e. The highest BCUT2D eigenvalue weighted by atomic mass is 16.5. The van der Waals surface area contributed by atoms with E-state index >= 15 is 0 Å². The molecule has 84 valence electrons. The quantitative estimate of drug-likeness (QED) is 0.827. The minimum absolute atomic E-state index is 0.595. The Kier molecular flexibility index (Phi) is 3.36. The van der Waals surface area contributed by atoms with E-state index in [0.29, 0.717) is 6.04 Å². The molecule has 1 saturated carbocycles. The van der Waals surface area contributed by atoms with Crippen molar-refractivity contribution >= 4 is 0 Å². The second kappa shape index (κ2) is 4.75. The largest absolute Gasteiger partial charge is 0.343 e. The van der Waals surface area contributed by atoms with Crippen molar-refractivity contribution in [1.29, 1.82) is 0 Å². The standard InChI is InChI=1S/C11H19N3O/c1-8-4-3-5-9(2)11(8)12-6-10-13-7-15-14-10/h7-9,11-12H,3-6H2,1-2H3. The number of rotatable bonds is 3. The Balaban J connectivity index is 1.86. The van der Waals surface area contributed by atoms with Gasteiger partial charge >= 0.3 is 0 Å². The molecule has 0 radical (unpaired) electrons. The first-order valence-electron chi connectivity index (χ1n) is 5.76. The van der Waals surface area contributed by atoms with Crippen LogP contribution < -0.4 is 5.32 Å². The Morgan fingerprint density at radius 3 is 2.73 bits per heavy atom. The summed E-state index contributed by atoms with van der Waals surface area (Å²) in [5.74, 6) is 2.25. The van der Waals surface area contributed by atoms with E-state index in [1.165, 1.54) is 25.7 Å². The molecule has 1 aromatic rings. The van der Waals surface area contributed by atoms with Crippen molar-refractivity contribution in [3.63, 3.8) is 0 Å². The van der Waals surface area contributed by atoms with Crippen molar-refractivity contribution in [1.82, 2.24) is 15.5 Å². The third-order valence-electron chi connectivity index (χ3n) is 3.45. The first-order chi connectivity index (χ1) is 7.27. The fourth-order valence-corrected chi connectivity index (χ4v) is 2.56. The van der Waals surface area contributed by atoms with Gasteiger partial charge in [-0.15, -0.1) is 0 Å². The predicted octanol–water partition coefficient (Wildman–Crippen LogP) is 1.98. The van der Waals surface area contributed by atoms with E-state index in [1.54, 1.807) is 0 Å². The molecule has 4 nitrogen and oxygen atoms in total. The summed E-state index contributed by atoms with van der Waals surface area (Å²) in [7, 11) is 0. The van der Waals surface area contributed by atoms with Crippen LogP contribution in [0.15, 0.2) is 10.9 Å². The van der Waals surface area contributed by atoms with Crippen LogP contribution in [-0.4, -0.2) is 16.2 Å². The molecule has 1 heterocycles. The molecule has 0 bridgehead atoms. The lowest BCUT2D eigenvalue weighted by atomic mass is 9.79. The molecule has 0 spiro atoms. The lowest BCUT2D eigenvalue weighted by Crippen LogP contribution is -2.42. The fourth-order valence-electron chi connectivity index (χ4n) is 2.56. The molecular weight excluding hydrogens is 190 g/mol. The zero-order valence-electron chi connectivity index (χ0n) is 9.44. The van der Waals surface area contributed by atoms with Gasteiger partial charge in [0, 0.05) is 6.04 Å². The molecule has 1 N–H and O–H groups in total. The molecule has 4 heteroatoms. The van der Waals surface area contributed by atoms with Crippen LogP contribution in [0.3, 0.4) is 0 Å². The first kappa shape index (κ1) is 10.6. The molecule has 1 aromatic heterocycles. The van der Waals surface area contributed by atoms with Gasteiger partial charge < -0.3 is 9.84 Å². The second-order valence-electron chi connectivity index (χ2n) is 4.64. The van der Waals surface area contributed by atoms with E-state index in [2.05, 4.69) is 29.3 Å². The van der Waals surface area contributed by atoms with Crippen LogP contribution in [-0.2, 0) is 6.54 Å². The molecule has 0 saturated heterocycles. The van der Waals surface area contributed by atoms with E-state index in [1.807, 2.05) is 0 Å². The molecule has 2 unspecified atom stereocenters. The number of nitrogens with one attached hydrogen (secondary N) is 1. The van der Waals surface area contributed by atoms with Crippen LogP contribution in [0.2, 0.25) is 0 Å². The van der Waals surface area contributed by atoms with E-state index in [-0.39, 0.29) is 0 Å². The zero-order chi connectivity index (χ0) is 10.7. The van der Waals surface area contributed by atoms with Gasteiger partial charge in [-0.3, -0.25) is 0 Å². The highest BCUT2D eigenvalue weighted by molar-refractivity contribution is 4.86. The summed E-state index contributed by atoms with van der Waals surface area (Å²) in [5.41, 5.74) is 0. The minimum Gasteiger partial charge on any atom is -0.343 e. The lowest BCUT2D eigenvalue weighted by molar-refractivity contribution is 0.206. The Hall–Kier alpha value is -0.900. The molecule has 2 rings (SSSR count). The van der Waals surface area contributed by atoms with Crippen LogP contribution in [0.1, 0.15) is 38.9 Å². The van der Waals surface area contributed by atoms with Gasteiger partial charge in [0.25, 0.3) is 0 Å². The van der Waals surface area contributed by atoms with Gasteiger partial charge in [-0.25, -0.2) is 0 Å². The van der Waals surface area contributed by atoms with Crippen molar-refractivity contribution in [3.05, 3.63) is 12.2 Å². The van der Waals surface area contributed by atoms with Crippen LogP contribution in [0.5, 0.6) is 0 Å². The predicted molar refractivity (Wildman–Crippen MR) is 57.1 cm³/mol. The summed E-state index contributed by atoms with van der Waals surface area (Å²) >= 11 is 0. The van der Waals surface area contributed by atoms with E-state index < -0.39 is 0 Å². The van der Waals surface area contributed by atoms with Gasteiger partial charge in [0.15, 0.2) is 5.82 Å². The van der Waals surface area contributed by atoms with Crippen molar-refractivity contribution in [3.8, 4) is 0 Å². The molecule has 1 aliphatic carbocycles. The summed E-state index contributed by atoms with van der Waals surface area (Å²) in [6.45, 7) is 5.36. The molecule has 1 aliphatic rings. The fraction of sp³-hybridized carbons (Fsp3) is 0.818. The average Bonchev–Trinajstić information content (AvgIpc) is 2.70. The summed E-state index contributed by atoms with van der Waals surface area (Å²) in [4.78, 5) is 4.01. The number of hydrogen-bond donors (Lipinski definition) is 1. The minimum atomic E-state index is 0.595. The summed E-state index contributed by atoms with van der Waals surface area (Å²) in [6.07, 6.45) is 5.40. The second-order valence-corrected chi connectivity index (χ2v) is 4.64. The maximum atomic E-state index is 4.71. The Bertz CT molecular complexity index is 276. The van der Waals surface area contributed by atoms with E-state index in [9.17, 15) is 0 Å². The molecular formula is C11H19N3O. The summed E-state index contributed by atoms with van der Waals surface area (Å²) < 4.78 is 4.71. The molecule has 2 atom stereocenters. The Morgan fingerprint density at radius 2 is 2.13 bits per heavy atom. The summed E-state index contributed by atoms with van der Waals surface area (Å²) in [6, 6.07) is 0.595. The average molecular weight is 209 g/mol. The van der Waals surface area contributed by atoms with Crippen molar-refractivity contribution in [2.75, 3.05) is 0 Å². The van der Waals surface area contributed by atoms with Gasteiger partial charge in [0.2, 0.25) is 6.39 Å². The van der Waals surface area contributed by atoms with Gasteiger partial charge in [-0.05, 0) is 24.7 Å². The number of hydrogen-bond acceptors (Lipinski definition) is 4. The Morgan fingerprint density at radius 1 is 1.40 bits per heavy atom. The maximum Gasteiger partial charge on any atom is 0.213 e. The Labute approximate surface area is 90.4 Å². The molecule has 0 amide bonds. The van der Waals surface area contributed by atoms with Crippen LogP contribution >= 0.6 is 0 Å². The maximum absolute atomic E-state index is 4.71. The van der Waals surface area contributed by atoms with Gasteiger partial charge in [-0.2, -0.15) is 4.98 Å². The molecule has 15 heavy (non-hydrogen) atoms. The lowest BCUT2D eigenvalue weighted by Gasteiger charge is -2.35. The highest BCUT2D eigenvalue weighted by Gasteiger charge is 2.27. The molecule has 0 aliphatic heterocycles. The zero-order valence-corrected chi connectivity index (χ0v) is 9.44. The molecule has 1 fully saturated rings. The third kappa shape index (κ3) is 2.56. The SMILES string of the molecule is CC1CCCC(C)C1NCc1ncon1. The van der Waals surface area contributed by atoms with Crippen LogP contribution in [0, 0.1) is 11.8 Å². The van der Waals surface area contributed by atoms with E-state index in [0.717, 1.165) is 24.2 Å². The van der Waals surface area contributed by atoms with Crippen LogP contribution in [0.4, 0.5) is 0 Å². The van der Waals surface area contributed by atoms with Crippen molar-refractivity contribution < 1.29 is 4.52 Å².